The third-order valence-corrected chi connectivity index (χ3v) is 4.71. The highest BCUT2D eigenvalue weighted by molar-refractivity contribution is 5.00. The molecule has 88 valence electrons. The lowest BCUT2D eigenvalue weighted by Crippen LogP contribution is -2.54. The van der Waals surface area contributed by atoms with Gasteiger partial charge in [0, 0.05) is 6.04 Å². The summed E-state index contributed by atoms with van der Waals surface area (Å²) in [5, 5.41) is 0. The lowest BCUT2D eigenvalue weighted by molar-refractivity contribution is -0.0354. The summed E-state index contributed by atoms with van der Waals surface area (Å²) in [4.78, 5) is 5.12. The minimum atomic E-state index is 0.750. The molecule has 0 aromatic heterocycles. The molecule has 1 aliphatic carbocycles. The fourth-order valence-electron chi connectivity index (χ4n) is 3.44. The van der Waals surface area contributed by atoms with Crippen molar-refractivity contribution in [2.45, 2.75) is 45.6 Å². The number of piperidine rings is 1. The summed E-state index contributed by atoms with van der Waals surface area (Å²) in [6.45, 7) is 9.70. The molecule has 15 heavy (non-hydrogen) atoms. The number of nitrogens with zero attached hydrogens (tertiary/aromatic N) is 2. The maximum absolute atomic E-state index is 2.64. The van der Waals surface area contributed by atoms with E-state index < -0.39 is 0 Å². The van der Waals surface area contributed by atoms with Gasteiger partial charge in [0.1, 0.15) is 0 Å². The van der Waals surface area contributed by atoms with Crippen molar-refractivity contribution in [3.8, 4) is 0 Å². The average molecular weight is 210 g/mol. The van der Waals surface area contributed by atoms with Gasteiger partial charge in [0.05, 0.1) is 0 Å². The van der Waals surface area contributed by atoms with Gasteiger partial charge in [-0.25, -0.2) is 0 Å². The van der Waals surface area contributed by atoms with Crippen LogP contribution in [-0.2, 0) is 0 Å². The van der Waals surface area contributed by atoms with Crippen molar-refractivity contribution < 1.29 is 0 Å². The van der Waals surface area contributed by atoms with Gasteiger partial charge in [-0.05, 0) is 64.3 Å². The van der Waals surface area contributed by atoms with Gasteiger partial charge in [-0.15, -0.1) is 0 Å². The monoisotopic (exact) mass is 210 g/mol. The second-order valence-corrected chi connectivity index (χ2v) is 5.59. The zero-order valence-corrected chi connectivity index (χ0v) is 10.6. The molecule has 1 aliphatic heterocycles. The van der Waals surface area contributed by atoms with E-state index in [9.17, 15) is 0 Å². The molecule has 2 aliphatic rings. The third kappa shape index (κ3) is 2.21. The minimum Gasteiger partial charge on any atom is -0.306 e. The second kappa shape index (κ2) is 4.42. The van der Waals surface area contributed by atoms with Crippen molar-refractivity contribution in [1.29, 1.82) is 0 Å². The smallest absolute Gasteiger partial charge is 0.0106 e. The van der Waals surface area contributed by atoms with Crippen LogP contribution in [0.5, 0.6) is 0 Å². The van der Waals surface area contributed by atoms with Crippen LogP contribution in [0.15, 0.2) is 0 Å². The van der Waals surface area contributed by atoms with Crippen LogP contribution >= 0.6 is 0 Å². The Labute approximate surface area is 94.6 Å². The first-order valence-electron chi connectivity index (χ1n) is 6.62. The molecule has 1 heterocycles. The quantitative estimate of drug-likeness (QED) is 0.704. The normalized spacial score (nSPS) is 27.2. The van der Waals surface area contributed by atoms with E-state index in [4.69, 9.17) is 0 Å². The SMILES string of the molecule is CCN(CC)C1CC2(CCN(C)CC2)C1. The Morgan fingerprint density at radius 2 is 1.67 bits per heavy atom. The maximum atomic E-state index is 2.64. The molecule has 0 radical (unpaired) electrons. The molecule has 2 fully saturated rings. The molecule has 0 amide bonds. The average Bonchev–Trinajstić information content (AvgIpc) is 2.20. The molecular formula is C13H26N2. The number of likely N-dealkylation sites (tertiary alicyclic amines) is 1. The van der Waals surface area contributed by atoms with Crippen LogP contribution in [0.4, 0.5) is 0 Å². The lowest BCUT2D eigenvalue weighted by Gasteiger charge is -2.55. The summed E-state index contributed by atoms with van der Waals surface area (Å²) in [5.41, 5.74) is 0.750. The maximum Gasteiger partial charge on any atom is 0.0106 e. The molecule has 2 nitrogen and oxygen atoms in total. The predicted octanol–water partition coefficient (Wildman–Crippen LogP) is 2.20. The van der Waals surface area contributed by atoms with Gasteiger partial charge < -0.3 is 9.80 Å². The Morgan fingerprint density at radius 3 is 2.13 bits per heavy atom. The molecule has 1 saturated heterocycles. The van der Waals surface area contributed by atoms with Crippen molar-refractivity contribution in [2.24, 2.45) is 5.41 Å². The number of hydrogen-bond donors (Lipinski definition) is 0. The standard InChI is InChI=1S/C13H26N2/c1-4-15(5-2)12-10-13(11-12)6-8-14(3)9-7-13/h12H,4-11H2,1-3H3. The predicted molar refractivity (Wildman–Crippen MR) is 65.1 cm³/mol. The third-order valence-electron chi connectivity index (χ3n) is 4.71. The van der Waals surface area contributed by atoms with Gasteiger partial charge in [-0.2, -0.15) is 0 Å². The Balaban J connectivity index is 1.81. The van der Waals surface area contributed by atoms with E-state index in [2.05, 4.69) is 30.7 Å². The fourth-order valence-corrected chi connectivity index (χ4v) is 3.44. The van der Waals surface area contributed by atoms with E-state index in [0.717, 1.165) is 11.5 Å². The summed E-state index contributed by atoms with van der Waals surface area (Å²) in [6, 6.07) is 0.906. The Kier molecular flexibility index (Phi) is 3.36. The molecule has 2 rings (SSSR count). The van der Waals surface area contributed by atoms with Gasteiger partial charge in [0.15, 0.2) is 0 Å². The second-order valence-electron chi connectivity index (χ2n) is 5.59. The number of hydrogen-bond acceptors (Lipinski definition) is 2. The molecular weight excluding hydrogens is 184 g/mol. The Morgan fingerprint density at radius 1 is 1.13 bits per heavy atom. The first kappa shape index (κ1) is 11.4. The number of rotatable bonds is 3. The van der Waals surface area contributed by atoms with E-state index in [1.165, 1.54) is 51.9 Å². The largest absolute Gasteiger partial charge is 0.306 e. The summed E-state index contributed by atoms with van der Waals surface area (Å²) in [6.07, 6.45) is 5.84. The van der Waals surface area contributed by atoms with Crippen LogP contribution in [0.1, 0.15) is 39.5 Å². The van der Waals surface area contributed by atoms with E-state index in [1.807, 2.05) is 0 Å². The van der Waals surface area contributed by atoms with E-state index >= 15 is 0 Å². The Hall–Kier alpha value is -0.0800. The van der Waals surface area contributed by atoms with Crippen molar-refractivity contribution >= 4 is 0 Å². The first-order valence-corrected chi connectivity index (χ1v) is 6.62. The molecule has 1 spiro atoms. The Bertz CT molecular complexity index is 195. The molecule has 0 bridgehead atoms. The van der Waals surface area contributed by atoms with Gasteiger partial charge in [0.25, 0.3) is 0 Å². The van der Waals surface area contributed by atoms with Crippen molar-refractivity contribution in [1.82, 2.24) is 9.80 Å². The molecule has 1 saturated carbocycles. The highest BCUT2D eigenvalue weighted by Gasteiger charge is 2.46. The molecule has 0 N–H and O–H groups in total. The van der Waals surface area contributed by atoms with Crippen molar-refractivity contribution in [3.05, 3.63) is 0 Å². The molecule has 0 aromatic rings. The van der Waals surface area contributed by atoms with Crippen LogP contribution < -0.4 is 0 Å². The first-order chi connectivity index (χ1) is 7.19. The van der Waals surface area contributed by atoms with E-state index in [1.54, 1.807) is 0 Å². The lowest BCUT2D eigenvalue weighted by atomic mass is 9.60. The molecule has 0 aromatic carbocycles. The topological polar surface area (TPSA) is 6.48 Å². The highest BCUT2D eigenvalue weighted by Crippen LogP contribution is 2.50. The van der Waals surface area contributed by atoms with Gasteiger partial charge in [-0.1, -0.05) is 13.8 Å². The van der Waals surface area contributed by atoms with Crippen LogP contribution in [0, 0.1) is 5.41 Å². The van der Waals surface area contributed by atoms with Crippen LogP contribution in [0.25, 0.3) is 0 Å². The van der Waals surface area contributed by atoms with Crippen LogP contribution in [0.3, 0.4) is 0 Å². The fraction of sp³-hybridized carbons (Fsp3) is 1.00. The summed E-state index contributed by atoms with van der Waals surface area (Å²) >= 11 is 0. The van der Waals surface area contributed by atoms with E-state index in [0.29, 0.717) is 0 Å². The summed E-state index contributed by atoms with van der Waals surface area (Å²) in [5.74, 6) is 0. The van der Waals surface area contributed by atoms with Gasteiger partial charge in [0.2, 0.25) is 0 Å². The van der Waals surface area contributed by atoms with Crippen molar-refractivity contribution in [2.75, 3.05) is 33.2 Å². The summed E-state index contributed by atoms with van der Waals surface area (Å²) in [7, 11) is 2.26. The zero-order valence-electron chi connectivity index (χ0n) is 10.6. The zero-order chi connectivity index (χ0) is 10.9. The van der Waals surface area contributed by atoms with Crippen LogP contribution in [0.2, 0.25) is 0 Å². The van der Waals surface area contributed by atoms with Crippen LogP contribution in [-0.4, -0.2) is 49.1 Å². The van der Waals surface area contributed by atoms with Gasteiger partial charge >= 0.3 is 0 Å². The van der Waals surface area contributed by atoms with Crippen molar-refractivity contribution in [3.63, 3.8) is 0 Å². The van der Waals surface area contributed by atoms with Gasteiger partial charge in [-0.3, -0.25) is 0 Å². The molecule has 2 heteroatoms. The molecule has 0 atom stereocenters. The summed E-state index contributed by atoms with van der Waals surface area (Å²) < 4.78 is 0. The minimum absolute atomic E-state index is 0.750. The van der Waals surface area contributed by atoms with E-state index in [-0.39, 0.29) is 0 Å². The highest BCUT2D eigenvalue weighted by atomic mass is 15.2. The molecule has 0 unspecified atom stereocenters.